The summed E-state index contributed by atoms with van der Waals surface area (Å²) in [6.07, 6.45) is 4.73. The standard InChI is InChI=1S/C24H26N4O/c1-2-8-18(9-3-1)21-16-23(25-17-20-12-7-15-29-20)27-24(26-21)28-14-6-11-19-10-4-5-13-22(19)28/h1-5,8-10,13,16,20H,6-7,11-12,14-15,17H2,(H,25,26,27). The van der Waals surface area contributed by atoms with E-state index in [2.05, 4.69) is 46.6 Å². The minimum atomic E-state index is 0.268. The Labute approximate surface area is 171 Å². The third kappa shape index (κ3) is 3.96. The summed E-state index contributed by atoms with van der Waals surface area (Å²) >= 11 is 0. The van der Waals surface area contributed by atoms with E-state index in [0.717, 1.165) is 68.4 Å². The Morgan fingerprint density at radius 1 is 1.00 bits per heavy atom. The molecule has 0 radical (unpaired) electrons. The van der Waals surface area contributed by atoms with E-state index in [1.807, 2.05) is 24.3 Å². The molecule has 1 atom stereocenters. The molecule has 5 nitrogen and oxygen atoms in total. The molecule has 1 fully saturated rings. The van der Waals surface area contributed by atoms with Gasteiger partial charge in [-0.15, -0.1) is 0 Å². The Kier molecular flexibility index (Phi) is 5.13. The van der Waals surface area contributed by atoms with E-state index in [9.17, 15) is 0 Å². The van der Waals surface area contributed by atoms with Crippen LogP contribution in [0.15, 0.2) is 60.7 Å². The highest BCUT2D eigenvalue weighted by Gasteiger charge is 2.22. The van der Waals surface area contributed by atoms with Gasteiger partial charge in [0, 0.05) is 37.0 Å². The van der Waals surface area contributed by atoms with Crippen LogP contribution in [0, 0.1) is 0 Å². The van der Waals surface area contributed by atoms with Crippen molar-refractivity contribution >= 4 is 17.5 Å². The monoisotopic (exact) mass is 386 g/mol. The summed E-state index contributed by atoms with van der Waals surface area (Å²) in [5.74, 6) is 1.61. The first-order chi connectivity index (χ1) is 14.4. The van der Waals surface area contributed by atoms with E-state index in [-0.39, 0.29) is 6.10 Å². The number of aryl methyl sites for hydroxylation is 1. The number of nitrogens with zero attached hydrogens (tertiary/aromatic N) is 3. The molecule has 5 heteroatoms. The predicted octanol–water partition coefficient (Wildman–Crippen LogP) is 4.82. The first kappa shape index (κ1) is 18.1. The van der Waals surface area contributed by atoms with Crippen LogP contribution in [0.1, 0.15) is 24.8 Å². The molecule has 5 rings (SSSR count). The zero-order valence-electron chi connectivity index (χ0n) is 16.6. The maximum atomic E-state index is 5.77. The highest BCUT2D eigenvalue weighted by molar-refractivity contribution is 5.69. The quantitative estimate of drug-likeness (QED) is 0.681. The van der Waals surface area contributed by atoms with Crippen molar-refractivity contribution in [3.63, 3.8) is 0 Å². The maximum absolute atomic E-state index is 5.77. The average molecular weight is 386 g/mol. The highest BCUT2D eigenvalue weighted by atomic mass is 16.5. The number of hydrogen-bond donors (Lipinski definition) is 1. The lowest BCUT2D eigenvalue weighted by Gasteiger charge is -2.30. The van der Waals surface area contributed by atoms with Crippen LogP contribution in [0.2, 0.25) is 0 Å². The molecule has 0 amide bonds. The molecule has 0 bridgehead atoms. The van der Waals surface area contributed by atoms with Gasteiger partial charge in [-0.3, -0.25) is 0 Å². The predicted molar refractivity (Wildman–Crippen MR) is 117 cm³/mol. The van der Waals surface area contributed by atoms with Crippen LogP contribution in [0.3, 0.4) is 0 Å². The molecule has 0 aliphatic carbocycles. The summed E-state index contributed by atoms with van der Waals surface area (Å²) in [6, 6.07) is 20.9. The molecular formula is C24H26N4O. The number of anilines is 3. The fourth-order valence-corrected chi connectivity index (χ4v) is 4.17. The molecule has 0 spiro atoms. The molecule has 1 N–H and O–H groups in total. The molecule has 3 aromatic rings. The van der Waals surface area contributed by atoms with Gasteiger partial charge < -0.3 is 15.0 Å². The van der Waals surface area contributed by atoms with Gasteiger partial charge in [-0.2, -0.15) is 4.98 Å². The van der Waals surface area contributed by atoms with Crippen molar-refractivity contribution in [1.82, 2.24) is 9.97 Å². The van der Waals surface area contributed by atoms with Gasteiger partial charge >= 0.3 is 0 Å². The van der Waals surface area contributed by atoms with Gasteiger partial charge in [-0.25, -0.2) is 4.98 Å². The minimum absolute atomic E-state index is 0.268. The smallest absolute Gasteiger partial charge is 0.232 e. The third-order valence-corrected chi connectivity index (χ3v) is 5.67. The number of rotatable bonds is 5. The van der Waals surface area contributed by atoms with Gasteiger partial charge in [0.2, 0.25) is 5.95 Å². The molecule has 2 aliphatic rings. The number of fused-ring (bicyclic) bond motifs is 1. The molecule has 29 heavy (non-hydrogen) atoms. The van der Waals surface area contributed by atoms with Crippen LogP contribution in [-0.4, -0.2) is 35.8 Å². The summed E-state index contributed by atoms with van der Waals surface area (Å²) < 4.78 is 5.77. The molecule has 1 unspecified atom stereocenters. The Balaban J connectivity index is 1.51. The summed E-state index contributed by atoms with van der Waals surface area (Å²) in [6.45, 7) is 2.57. The van der Waals surface area contributed by atoms with Gasteiger partial charge in [0.15, 0.2) is 0 Å². The van der Waals surface area contributed by atoms with Crippen LogP contribution in [0.4, 0.5) is 17.5 Å². The molecule has 3 heterocycles. The summed E-state index contributed by atoms with van der Waals surface area (Å²) in [5.41, 5.74) is 4.62. The lowest BCUT2D eigenvalue weighted by Crippen LogP contribution is -2.27. The molecule has 2 aromatic carbocycles. The van der Waals surface area contributed by atoms with Crippen LogP contribution < -0.4 is 10.2 Å². The van der Waals surface area contributed by atoms with Gasteiger partial charge in [0.05, 0.1) is 11.8 Å². The average Bonchev–Trinajstić information content (AvgIpc) is 3.31. The molecule has 0 saturated carbocycles. The van der Waals surface area contributed by atoms with Gasteiger partial charge in [0.1, 0.15) is 5.82 Å². The molecule has 2 aliphatic heterocycles. The van der Waals surface area contributed by atoms with E-state index >= 15 is 0 Å². The van der Waals surface area contributed by atoms with Crippen molar-refractivity contribution in [2.75, 3.05) is 29.9 Å². The van der Waals surface area contributed by atoms with Gasteiger partial charge in [-0.1, -0.05) is 48.5 Å². The molecule has 148 valence electrons. The lowest BCUT2D eigenvalue weighted by atomic mass is 10.0. The summed E-state index contributed by atoms with van der Waals surface area (Å²) in [5, 5.41) is 3.50. The van der Waals surface area contributed by atoms with E-state index < -0.39 is 0 Å². The number of para-hydroxylation sites is 1. The number of nitrogens with one attached hydrogen (secondary N) is 1. The largest absolute Gasteiger partial charge is 0.376 e. The number of hydrogen-bond acceptors (Lipinski definition) is 5. The molecule has 1 aromatic heterocycles. The van der Waals surface area contributed by atoms with Crippen LogP contribution in [0.25, 0.3) is 11.3 Å². The van der Waals surface area contributed by atoms with E-state index in [1.54, 1.807) is 0 Å². The molecule has 1 saturated heterocycles. The maximum Gasteiger partial charge on any atom is 0.232 e. The normalized spacial score (nSPS) is 18.5. The van der Waals surface area contributed by atoms with Crippen molar-refractivity contribution in [1.29, 1.82) is 0 Å². The second kappa shape index (κ2) is 8.21. The summed E-state index contributed by atoms with van der Waals surface area (Å²) in [7, 11) is 0. The highest BCUT2D eigenvalue weighted by Crippen LogP contribution is 2.33. The fourth-order valence-electron chi connectivity index (χ4n) is 4.17. The minimum Gasteiger partial charge on any atom is -0.376 e. The number of benzene rings is 2. The van der Waals surface area contributed by atoms with Crippen LogP contribution in [0.5, 0.6) is 0 Å². The second-order valence-electron chi connectivity index (χ2n) is 7.70. The van der Waals surface area contributed by atoms with Crippen molar-refractivity contribution in [3.8, 4) is 11.3 Å². The fraction of sp³-hybridized carbons (Fsp3) is 0.333. The SMILES string of the molecule is c1ccc(-c2cc(NCC3CCCO3)nc(N3CCCc4ccccc43)n2)cc1. The van der Waals surface area contributed by atoms with Crippen LogP contribution >= 0.6 is 0 Å². The zero-order chi connectivity index (χ0) is 19.5. The van der Waals surface area contributed by atoms with Crippen molar-refractivity contribution in [2.45, 2.75) is 31.8 Å². The van der Waals surface area contributed by atoms with Crippen LogP contribution in [-0.2, 0) is 11.2 Å². The van der Waals surface area contributed by atoms with E-state index in [4.69, 9.17) is 14.7 Å². The number of ether oxygens (including phenoxy) is 1. The van der Waals surface area contributed by atoms with E-state index in [0.29, 0.717) is 0 Å². The van der Waals surface area contributed by atoms with Crippen molar-refractivity contribution in [3.05, 3.63) is 66.2 Å². The van der Waals surface area contributed by atoms with Crippen molar-refractivity contribution < 1.29 is 4.74 Å². The Morgan fingerprint density at radius 2 is 1.86 bits per heavy atom. The lowest BCUT2D eigenvalue weighted by molar-refractivity contribution is 0.120. The first-order valence-corrected chi connectivity index (χ1v) is 10.5. The second-order valence-corrected chi connectivity index (χ2v) is 7.70. The zero-order valence-corrected chi connectivity index (χ0v) is 16.6. The third-order valence-electron chi connectivity index (χ3n) is 5.67. The number of aromatic nitrogens is 2. The van der Waals surface area contributed by atoms with Crippen molar-refractivity contribution in [2.24, 2.45) is 0 Å². The Bertz CT molecular complexity index is 970. The van der Waals surface area contributed by atoms with E-state index in [1.165, 1.54) is 11.3 Å². The Morgan fingerprint density at radius 3 is 2.72 bits per heavy atom. The Hall–Kier alpha value is -2.92. The van der Waals surface area contributed by atoms with Gasteiger partial charge in [-0.05, 0) is 37.3 Å². The topological polar surface area (TPSA) is 50.3 Å². The van der Waals surface area contributed by atoms with Gasteiger partial charge in [0.25, 0.3) is 0 Å². The summed E-state index contributed by atoms with van der Waals surface area (Å²) in [4.78, 5) is 12.1. The molecular weight excluding hydrogens is 360 g/mol. The first-order valence-electron chi connectivity index (χ1n) is 10.5.